The number of hydrogen-bond acceptors (Lipinski definition) is 6. The van der Waals surface area contributed by atoms with Crippen LogP contribution in [0.2, 0.25) is 5.02 Å². The summed E-state index contributed by atoms with van der Waals surface area (Å²) in [5, 5.41) is 23.9. The molecule has 23 heavy (non-hydrogen) atoms. The topological polar surface area (TPSA) is 87.1 Å². The fraction of sp³-hybridized carbons (Fsp3) is 0.214. The van der Waals surface area contributed by atoms with E-state index in [0.717, 1.165) is 10.1 Å². The van der Waals surface area contributed by atoms with Crippen LogP contribution in [-0.4, -0.2) is 33.6 Å². The van der Waals surface area contributed by atoms with Crippen molar-refractivity contribution in [2.24, 2.45) is 0 Å². The first-order valence-corrected chi connectivity index (χ1v) is 8.82. The van der Waals surface area contributed by atoms with E-state index in [4.69, 9.17) is 11.6 Å². The van der Waals surface area contributed by atoms with Gasteiger partial charge in [-0.2, -0.15) is 0 Å². The maximum Gasteiger partial charge on any atom is 0.321 e. The highest BCUT2D eigenvalue weighted by Gasteiger charge is 2.12. The third-order valence-corrected chi connectivity index (χ3v) is 4.84. The van der Waals surface area contributed by atoms with Crippen LogP contribution in [0.15, 0.2) is 41.3 Å². The van der Waals surface area contributed by atoms with Crippen LogP contribution in [0.3, 0.4) is 0 Å². The maximum absolute atomic E-state index is 11.8. The Morgan fingerprint density at radius 3 is 3.09 bits per heavy atom. The van der Waals surface area contributed by atoms with Gasteiger partial charge in [0.05, 0.1) is 6.10 Å². The van der Waals surface area contributed by atoms with Gasteiger partial charge < -0.3 is 10.4 Å². The van der Waals surface area contributed by atoms with E-state index in [1.165, 1.54) is 23.1 Å². The number of anilines is 1. The van der Waals surface area contributed by atoms with Crippen molar-refractivity contribution in [2.75, 3.05) is 17.6 Å². The Morgan fingerprint density at radius 2 is 2.35 bits per heavy atom. The number of urea groups is 1. The molecule has 9 heteroatoms. The predicted molar refractivity (Wildman–Crippen MR) is 94.3 cm³/mol. The van der Waals surface area contributed by atoms with Crippen LogP contribution in [0.25, 0.3) is 0 Å². The van der Waals surface area contributed by atoms with Crippen molar-refractivity contribution in [1.82, 2.24) is 15.5 Å². The number of nitrogens with zero attached hydrogens (tertiary/aromatic N) is 2. The molecule has 1 atom stereocenters. The molecule has 0 unspecified atom stereocenters. The molecule has 0 saturated carbocycles. The third-order valence-electron chi connectivity index (χ3n) is 2.64. The maximum atomic E-state index is 11.8. The Labute approximate surface area is 147 Å². The van der Waals surface area contributed by atoms with Crippen LogP contribution < -0.4 is 10.6 Å². The van der Waals surface area contributed by atoms with E-state index in [1.807, 2.05) is 0 Å². The van der Waals surface area contributed by atoms with Gasteiger partial charge in [0, 0.05) is 17.3 Å². The molecule has 0 aliphatic carbocycles. The second kappa shape index (κ2) is 8.88. The number of hydrogen-bond donors (Lipinski definition) is 3. The normalized spacial score (nSPS) is 11.7. The van der Waals surface area contributed by atoms with Crippen LogP contribution in [0.4, 0.5) is 9.93 Å². The second-order valence-corrected chi connectivity index (χ2v) is 7.06. The Kier molecular flexibility index (Phi) is 6.85. The lowest BCUT2D eigenvalue weighted by molar-refractivity contribution is 0.175. The highest BCUT2D eigenvalue weighted by molar-refractivity contribution is 8.01. The van der Waals surface area contributed by atoms with E-state index < -0.39 is 12.1 Å². The highest BCUT2D eigenvalue weighted by atomic mass is 35.5. The second-order valence-electron chi connectivity index (χ2n) is 4.38. The van der Waals surface area contributed by atoms with E-state index in [2.05, 4.69) is 27.4 Å². The Hall–Kier alpha value is -1.61. The van der Waals surface area contributed by atoms with Crippen molar-refractivity contribution in [1.29, 1.82) is 0 Å². The number of aliphatic hydroxyl groups is 1. The van der Waals surface area contributed by atoms with Gasteiger partial charge in [-0.25, -0.2) is 4.79 Å². The minimum absolute atomic E-state index is 0.0586. The molecule has 0 spiro atoms. The molecule has 0 radical (unpaired) electrons. The van der Waals surface area contributed by atoms with Crippen LogP contribution in [0.5, 0.6) is 0 Å². The van der Waals surface area contributed by atoms with E-state index in [0.29, 0.717) is 15.7 Å². The minimum atomic E-state index is -0.840. The van der Waals surface area contributed by atoms with Gasteiger partial charge >= 0.3 is 6.03 Å². The molecule has 1 aromatic heterocycles. The summed E-state index contributed by atoms with van der Waals surface area (Å²) in [6.07, 6.45) is 0.927. The van der Waals surface area contributed by atoms with Gasteiger partial charge in [-0.15, -0.1) is 16.8 Å². The summed E-state index contributed by atoms with van der Waals surface area (Å²) in [6.45, 7) is 3.68. The van der Waals surface area contributed by atoms with Gasteiger partial charge in [0.2, 0.25) is 5.13 Å². The lowest BCUT2D eigenvalue weighted by Crippen LogP contribution is -2.32. The van der Waals surface area contributed by atoms with E-state index >= 15 is 0 Å². The van der Waals surface area contributed by atoms with Gasteiger partial charge in [0.25, 0.3) is 0 Å². The summed E-state index contributed by atoms with van der Waals surface area (Å²) in [7, 11) is 0. The fourth-order valence-electron chi connectivity index (χ4n) is 1.61. The monoisotopic (exact) mass is 370 g/mol. The Bertz CT molecular complexity index is 680. The number of aliphatic hydroxyl groups excluding tert-OH is 1. The van der Waals surface area contributed by atoms with E-state index in [-0.39, 0.29) is 6.54 Å². The SMILES string of the molecule is C=CCSc1nnc(NC(=O)NC[C@H](O)c2cccc(Cl)c2)s1. The Balaban J connectivity index is 1.80. The van der Waals surface area contributed by atoms with Crippen LogP contribution in [-0.2, 0) is 0 Å². The molecule has 3 N–H and O–H groups in total. The standard InChI is InChI=1S/C14H15ClN4O2S2/c1-2-6-22-14-19-18-13(23-14)17-12(21)16-8-11(20)9-4-3-5-10(15)7-9/h2-5,7,11,20H,1,6,8H2,(H2,16,17,18,21)/t11-/m0/s1. The van der Waals surface area contributed by atoms with Gasteiger partial charge in [-0.3, -0.25) is 5.32 Å². The van der Waals surface area contributed by atoms with Crippen LogP contribution >= 0.6 is 34.7 Å². The lowest BCUT2D eigenvalue weighted by atomic mass is 10.1. The van der Waals surface area contributed by atoms with Gasteiger partial charge in [-0.05, 0) is 17.7 Å². The summed E-state index contributed by atoms with van der Waals surface area (Å²) in [5.74, 6) is 0.729. The molecule has 0 aliphatic rings. The molecule has 2 amide bonds. The molecule has 0 saturated heterocycles. The average Bonchev–Trinajstić information content (AvgIpc) is 2.98. The quantitative estimate of drug-likeness (QED) is 0.395. The number of nitrogens with one attached hydrogen (secondary N) is 2. The smallest absolute Gasteiger partial charge is 0.321 e. The van der Waals surface area contributed by atoms with Crippen LogP contribution in [0, 0.1) is 0 Å². The zero-order chi connectivity index (χ0) is 16.7. The molecular weight excluding hydrogens is 356 g/mol. The number of carbonyl (C=O) groups is 1. The number of halogens is 1. The van der Waals surface area contributed by atoms with Crippen molar-refractivity contribution >= 4 is 45.9 Å². The molecule has 0 aliphatic heterocycles. The molecule has 6 nitrogen and oxygen atoms in total. The molecule has 122 valence electrons. The number of thioether (sulfide) groups is 1. The molecule has 1 aromatic carbocycles. The highest BCUT2D eigenvalue weighted by Crippen LogP contribution is 2.25. The summed E-state index contributed by atoms with van der Waals surface area (Å²) in [4.78, 5) is 11.8. The molecule has 0 fully saturated rings. The first-order chi connectivity index (χ1) is 11.1. The average molecular weight is 371 g/mol. The first-order valence-electron chi connectivity index (χ1n) is 6.64. The van der Waals surface area contributed by atoms with E-state index in [1.54, 1.807) is 30.3 Å². The van der Waals surface area contributed by atoms with Crippen molar-refractivity contribution in [3.63, 3.8) is 0 Å². The van der Waals surface area contributed by atoms with Crippen molar-refractivity contribution in [2.45, 2.75) is 10.4 Å². The summed E-state index contributed by atoms with van der Waals surface area (Å²) in [6, 6.07) is 6.39. The molecule has 2 aromatic rings. The largest absolute Gasteiger partial charge is 0.387 e. The summed E-state index contributed by atoms with van der Waals surface area (Å²) < 4.78 is 0.749. The van der Waals surface area contributed by atoms with Gasteiger partial charge in [-0.1, -0.05) is 52.9 Å². The van der Waals surface area contributed by atoms with Gasteiger partial charge in [0.15, 0.2) is 4.34 Å². The molecule has 0 bridgehead atoms. The van der Waals surface area contributed by atoms with E-state index in [9.17, 15) is 9.90 Å². The number of amides is 2. The zero-order valence-corrected chi connectivity index (χ0v) is 14.4. The summed E-state index contributed by atoms with van der Waals surface area (Å²) >= 11 is 8.63. The van der Waals surface area contributed by atoms with Crippen LogP contribution in [0.1, 0.15) is 11.7 Å². The van der Waals surface area contributed by atoms with Crippen molar-refractivity contribution in [3.8, 4) is 0 Å². The molecule has 1 heterocycles. The molecular formula is C14H15ClN4O2S2. The minimum Gasteiger partial charge on any atom is -0.387 e. The number of benzene rings is 1. The van der Waals surface area contributed by atoms with Gasteiger partial charge in [0.1, 0.15) is 0 Å². The number of carbonyl (C=O) groups excluding carboxylic acids is 1. The Morgan fingerprint density at radius 1 is 1.52 bits per heavy atom. The van der Waals surface area contributed by atoms with Crippen molar-refractivity contribution < 1.29 is 9.90 Å². The lowest BCUT2D eigenvalue weighted by Gasteiger charge is -2.12. The summed E-state index contributed by atoms with van der Waals surface area (Å²) in [5.41, 5.74) is 0.636. The third kappa shape index (κ3) is 5.83. The first kappa shape index (κ1) is 17.7. The predicted octanol–water partition coefficient (Wildman–Crippen LogP) is 3.32. The van der Waals surface area contributed by atoms with Crippen molar-refractivity contribution in [3.05, 3.63) is 47.5 Å². The fourth-order valence-corrected chi connectivity index (χ4v) is 3.32. The molecule has 2 rings (SSSR count). The number of rotatable bonds is 7. The number of aromatic nitrogens is 2. The zero-order valence-electron chi connectivity index (χ0n) is 12.0.